The Hall–Kier alpha value is -5.22. The number of fused-ring (bicyclic) bond motifs is 3. The van der Waals surface area contributed by atoms with E-state index in [1.165, 1.54) is 11.1 Å². The van der Waals surface area contributed by atoms with E-state index in [1.54, 1.807) is 0 Å². The van der Waals surface area contributed by atoms with Crippen LogP contribution in [0.15, 0.2) is 121 Å². The molecule has 0 aliphatic heterocycles. The van der Waals surface area contributed by atoms with Gasteiger partial charge in [-0.05, 0) is 55.2 Å². The van der Waals surface area contributed by atoms with E-state index in [0.717, 1.165) is 67.7 Å². The summed E-state index contributed by atoms with van der Waals surface area (Å²) in [7, 11) is 0. The molecule has 3 heterocycles. The van der Waals surface area contributed by atoms with E-state index in [-0.39, 0.29) is 0 Å². The van der Waals surface area contributed by atoms with Gasteiger partial charge in [-0.3, -0.25) is 4.98 Å². The number of hydrogen-bond acceptors (Lipinski definition) is 4. The van der Waals surface area contributed by atoms with Gasteiger partial charge in [0.25, 0.3) is 0 Å². The topological polar surface area (TPSA) is 51.6 Å². The van der Waals surface area contributed by atoms with Gasteiger partial charge in [-0.25, -0.2) is 15.0 Å². The molecule has 0 N–H and O–H groups in total. The zero-order chi connectivity index (χ0) is 27.8. The number of pyridine rings is 2. The molecule has 0 saturated heterocycles. The second kappa shape index (κ2) is 10.4. The first-order valence-corrected chi connectivity index (χ1v) is 13.9. The molecule has 0 fully saturated rings. The van der Waals surface area contributed by atoms with Crippen LogP contribution < -0.4 is 0 Å². The van der Waals surface area contributed by atoms with Crippen LogP contribution in [0.4, 0.5) is 0 Å². The summed E-state index contributed by atoms with van der Waals surface area (Å²) in [6.07, 6.45) is 11.7. The van der Waals surface area contributed by atoms with Gasteiger partial charge < -0.3 is 0 Å². The third-order valence-electron chi connectivity index (χ3n) is 7.52. The highest BCUT2D eigenvalue weighted by Gasteiger charge is 2.15. The van der Waals surface area contributed by atoms with Crippen molar-refractivity contribution in [3.8, 4) is 34.0 Å². The SMILES string of the molecule is Cc1ccc2ccc3c(C)cc(-c4cc(-c5ccccc5)nc(-c5ccc(C6=CCC=CC=C6)cc5)n4)nc3c2n1. The predicted molar refractivity (Wildman–Crippen MR) is 169 cm³/mol. The van der Waals surface area contributed by atoms with Gasteiger partial charge in [-0.15, -0.1) is 0 Å². The van der Waals surface area contributed by atoms with Crippen LogP contribution in [0, 0.1) is 13.8 Å². The van der Waals surface area contributed by atoms with Crippen molar-refractivity contribution in [2.45, 2.75) is 20.3 Å². The maximum atomic E-state index is 5.16. The number of aromatic nitrogens is 4. The number of allylic oxidation sites excluding steroid dienone is 6. The Morgan fingerprint density at radius 3 is 2.20 bits per heavy atom. The molecule has 0 unspecified atom stereocenters. The van der Waals surface area contributed by atoms with Gasteiger partial charge >= 0.3 is 0 Å². The van der Waals surface area contributed by atoms with Gasteiger partial charge in [0.15, 0.2) is 5.82 Å². The zero-order valence-corrected chi connectivity index (χ0v) is 23.0. The van der Waals surface area contributed by atoms with Gasteiger partial charge in [-0.1, -0.05) is 103 Å². The molecule has 6 aromatic rings. The molecule has 7 rings (SSSR count). The summed E-state index contributed by atoms with van der Waals surface area (Å²) in [6, 6.07) is 31.3. The van der Waals surface area contributed by atoms with Crippen LogP contribution in [0.3, 0.4) is 0 Å². The average molecular weight is 529 g/mol. The maximum Gasteiger partial charge on any atom is 0.160 e. The summed E-state index contributed by atoms with van der Waals surface area (Å²) in [4.78, 5) is 20.1. The van der Waals surface area contributed by atoms with Crippen LogP contribution in [0.2, 0.25) is 0 Å². The van der Waals surface area contributed by atoms with E-state index in [0.29, 0.717) is 5.82 Å². The van der Waals surface area contributed by atoms with Crippen molar-refractivity contribution >= 4 is 27.4 Å². The third kappa shape index (κ3) is 4.85. The Morgan fingerprint density at radius 1 is 0.585 bits per heavy atom. The zero-order valence-electron chi connectivity index (χ0n) is 23.0. The van der Waals surface area contributed by atoms with Crippen LogP contribution in [0.1, 0.15) is 23.2 Å². The van der Waals surface area contributed by atoms with E-state index < -0.39 is 0 Å². The Labute approximate surface area is 239 Å². The van der Waals surface area contributed by atoms with Crippen molar-refractivity contribution in [3.63, 3.8) is 0 Å². The third-order valence-corrected chi connectivity index (χ3v) is 7.52. The minimum absolute atomic E-state index is 0.673. The van der Waals surface area contributed by atoms with Crippen LogP contribution in [0.5, 0.6) is 0 Å². The van der Waals surface area contributed by atoms with Gasteiger partial charge in [0.05, 0.1) is 28.1 Å². The van der Waals surface area contributed by atoms with Crippen molar-refractivity contribution in [2.24, 2.45) is 0 Å². The van der Waals surface area contributed by atoms with Crippen molar-refractivity contribution in [1.29, 1.82) is 0 Å². The number of aryl methyl sites for hydroxylation is 2. The molecule has 0 amide bonds. The Kier molecular flexibility index (Phi) is 6.29. The lowest BCUT2D eigenvalue weighted by atomic mass is 10.0. The molecule has 0 radical (unpaired) electrons. The van der Waals surface area contributed by atoms with E-state index in [9.17, 15) is 0 Å². The van der Waals surface area contributed by atoms with Gasteiger partial charge in [0, 0.05) is 27.6 Å². The van der Waals surface area contributed by atoms with Crippen molar-refractivity contribution in [2.75, 3.05) is 0 Å². The van der Waals surface area contributed by atoms with E-state index in [1.807, 2.05) is 37.3 Å². The molecule has 196 valence electrons. The fraction of sp³-hybridized carbons (Fsp3) is 0.0811. The minimum atomic E-state index is 0.673. The van der Waals surface area contributed by atoms with Crippen LogP contribution in [0.25, 0.3) is 61.4 Å². The van der Waals surface area contributed by atoms with Gasteiger partial charge in [0.1, 0.15) is 0 Å². The normalized spacial score (nSPS) is 13.0. The summed E-state index contributed by atoms with van der Waals surface area (Å²) in [5.41, 5.74) is 10.8. The first kappa shape index (κ1) is 24.8. The maximum absolute atomic E-state index is 5.16. The summed E-state index contributed by atoms with van der Waals surface area (Å²) >= 11 is 0. The van der Waals surface area contributed by atoms with Crippen molar-refractivity contribution in [1.82, 2.24) is 19.9 Å². The minimum Gasteiger partial charge on any atom is -0.251 e. The monoisotopic (exact) mass is 528 g/mol. The molecule has 41 heavy (non-hydrogen) atoms. The molecular weight excluding hydrogens is 500 g/mol. The Morgan fingerprint density at radius 2 is 1.34 bits per heavy atom. The summed E-state index contributed by atoms with van der Waals surface area (Å²) in [5.74, 6) is 0.673. The van der Waals surface area contributed by atoms with Crippen LogP contribution >= 0.6 is 0 Å². The van der Waals surface area contributed by atoms with Crippen molar-refractivity contribution in [3.05, 3.63) is 138 Å². The number of rotatable bonds is 4. The molecule has 0 spiro atoms. The fourth-order valence-corrected chi connectivity index (χ4v) is 5.34. The lowest BCUT2D eigenvalue weighted by Crippen LogP contribution is -1.98. The lowest BCUT2D eigenvalue weighted by molar-refractivity contribution is 1.17. The highest BCUT2D eigenvalue weighted by Crippen LogP contribution is 2.32. The Bertz CT molecular complexity index is 2020. The van der Waals surface area contributed by atoms with E-state index >= 15 is 0 Å². The van der Waals surface area contributed by atoms with Crippen LogP contribution in [-0.4, -0.2) is 19.9 Å². The number of benzene rings is 3. The molecular formula is C37H28N4. The lowest BCUT2D eigenvalue weighted by Gasteiger charge is -2.12. The molecule has 0 bridgehead atoms. The quantitative estimate of drug-likeness (QED) is 0.214. The van der Waals surface area contributed by atoms with Gasteiger partial charge in [-0.2, -0.15) is 0 Å². The molecule has 0 saturated carbocycles. The highest BCUT2D eigenvalue weighted by atomic mass is 14.9. The average Bonchev–Trinajstić information content (AvgIpc) is 3.31. The standard InChI is InChI=1S/C37H28N4/c1-24-22-33(39-36-31(24)21-20-29-15-14-25(2)38-35(29)36)34-23-32(28-12-8-5-9-13-28)40-37(41-34)30-18-16-27(17-19-30)26-10-6-3-4-7-11-26/h3-6,8-23H,7H2,1-2H3. The molecule has 0 atom stereocenters. The predicted octanol–water partition coefficient (Wildman–Crippen LogP) is 9.09. The second-order valence-corrected chi connectivity index (χ2v) is 10.4. The molecule has 3 aromatic carbocycles. The second-order valence-electron chi connectivity index (χ2n) is 10.4. The number of hydrogen-bond donors (Lipinski definition) is 0. The van der Waals surface area contributed by atoms with Gasteiger partial charge in [0.2, 0.25) is 0 Å². The first-order chi connectivity index (χ1) is 20.1. The fourth-order valence-electron chi connectivity index (χ4n) is 5.34. The highest BCUT2D eigenvalue weighted by molar-refractivity contribution is 6.04. The summed E-state index contributed by atoms with van der Waals surface area (Å²) in [6.45, 7) is 4.14. The van der Waals surface area contributed by atoms with Crippen LogP contribution in [-0.2, 0) is 0 Å². The molecule has 3 aromatic heterocycles. The van der Waals surface area contributed by atoms with Crippen molar-refractivity contribution < 1.29 is 0 Å². The first-order valence-electron chi connectivity index (χ1n) is 13.9. The molecule has 4 heteroatoms. The summed E-state index contributed by atoms with van der Waals surface area (Å²) < 4.78 is 0. The van der Waals surface area contributed by atoms with E-state index in [2.05, 4.69) is 98.0 Å². The largest absolute Gasteiger partial charge is 0.251 e. The number of nitrogens with zero attached hydrogens (tertiary/aromatic N) is 4. The summed E-state index contributed by atoms with van der Waals surface area (Å²) in [5, 5.41) is 2.18. The Balaban J connectivity index is 1.39. The molecule has 1 aliphatic carbocycles. The molecule has 4 nitrogen and oxygen atoms in total. The smallest absolute Gasteiger partial charge is 0.160 e. The van der Waals surface area contributed by atoms with E-state index in [4.69, 9.17) is 19.9 Å². The molecule has 1 aliphatic rings.